The lowest BCUT2D eigenvalue weighted by Crippen LogP contribution is -2.08. The summed E-state index contributed by atoms with van der Waals surface area (Å²) in [7, 11) is 1.55. The average molecular weight is 260 g/mol. The van der Waals surface area contributed by atoms with Gasteiger partial charge in [-0.15, -0.1) is 0 Å². The molecule has 1 aromatic carbocycles. The van der Waals surface area contributed by atoms with Gasteiger partial charge in [-0.05, 0) is 38.5 Å². The number of methoxy groups -OCH3 is 1. The summed E-state index contributed by atoms with van der Waals surface area (Å²) < 4.78 is 6.80. The number of hydrogen-bond acceptors (Lipinski definition) is 3. The van der Waals surface area contributed by atoms with Crippen molar-refractivity contribution in [1.29, 1.82) is 0 Å². The number of carbonyl (C=O) groups is 1. The minimum atomic E-state index is -0.983. The van der Waals surface area contributed by atoms with Gasteiger partial charge in [0.15, 0.2) is 0 Å². The zero-order chi connectivity index (χ0) is 14.2. The van der Waals surface area contributed by atoms with Gasteiger partial charge in [0.1, 0.15) is 5.75 Å². The maximum atomic E-state index is 11.3. The van der Waals surface area contributed by atoms with E-state index in [4.69, 9.17) is 4.74 Å². The minimum absolute atomic E-state index is 0.200. The van der Waals surface area contributed by atoms with E-state index in [9.17, 15) is 9.90 Å². The lowest BCUT2D eigenvalue weighted by Gasteiger charge is -2.10. The van der Waals surface area contributed by atoms with Crippen molar-refractivity contribution in [3.63, 3.8) is 0 Å². The molecule has 1 aromatic heterocycles. The van der Waals surface area contributed by atoms with Gasteiger partial charge in [-0.2, -0.15) is 5.10 Å². The molecule has 0 saturated heterocycles. The summed E-state index contributed by atoms with van der Waals surface area (Å²) in [6, 6.07) is 4.84. The molecule has 0 unspecified atom stereocenters. The Kier molecular flexibility index (Phi) is 3.29. The number of aromatic nitrogens is 2. The zero-order valence-electron chi connectivity index (χ0n) is 11.4. The zero-order valence-corrected chi connectivity index (χ0v) is 11.4. The molecule has 5 nitrogen and oxygen atoms in total. The molecule has 0 atom stereocenters. The van der Waals surface area contributed by atoms with Gasteiger partial charge in [0, 0.05) is 11.8 Å². The fraction of sp³-hybridized carbons (Fsp3) is 0.286. The first-order valence-electron chi connectivity index (χ1n) is 5.90. The number of nitrogens with zero attached hydrogens (tertiary/aromatic N) is 2. The molecule has 100 valence electrons. The molecule has 0 amide bonds. The Morgan fingerprint density at radius 3 is 2.47 bits per heavy atom. The minimum Gasteiger partial charge on any atom is -0.497 e. The summed E-state index contributed by atoms with van der Waals surface area (Å²) in [6.45, 7) is 5.79. The summed E-state index contributed by atoms with van der Waals surface area (Å²) >= 11 is 0. The Morgan fingerprint density at radius 1 is 1.32 bits per heavy atom. The lowest BCUT2D eigenvalue weighted by molar-refractivity contribution is 0.0696. The first-order chi connectivity index (χ1) is 8.95. The quantitative estimate of drug-likeness (QED) is 0.920. The third-order valence-corrected chi connectivity index (χ3v) is 3.32. The molecule has 0 fully saturated rings. The van der Waals surface area contributed by atoms with E-state index >= 15 is 0 Å². The van der Waals surface area contributed by atoms with Crippen molar-refractivity contribution < 1.29 is 14.6 Å². The van der Waals surface area contributed by atoms with Gasteiger partial charge in [0.2, 0.25) is 0 Å². The topological polar surface area (TPSA) is 64.3 Å². The van der Waals surface area contributed by atoms with Crippen molar-refractivity contribution in [2.75, 3.05) is 7.11 Å². The van der Waals surface area contributed by atoms with Gasteiger partial charge in [-0.1, -0.05) is 0 Å². The highest BCUT2D eigenvalue weighted by molar-refractivity contribution is 5.92. The average Bonchev–Trinajstić information content (AvgIpc) is 2.65. The molecule has 2 aromatic rings. The van der Waals surface area contributed by atoms with E-state index in [2.05, 4.69) is 5.10 Å². The molecule has 0 aliphatic carbocycles. The van der Waals surface area contributed by atoms with Gasteiger partial charge < -0.3 is 9.84 Å². The van der Waals surface area contributed by atoms with Crippen molar-refractivity contribution >= 4 is 5.97 Å². The fourth-order valence-corrected chi connectivity index (χ4v) is 1.95. The molecule has 0 spiro atoms. The number of aryl methyl sites for hydroxylation is 1. The summed E-state index contributed by atoms with van der Waals surface area (Å²) in [6.07, 6.45) is 0. The maximum Gasteiger partial charge on any atom is 0.337 e. The second-order valence-corrected chi connectivity index (χ2v) is 4.40. The number of hydrogen-bond donors (Lipinski definition) is 1. The number of ether oxygens (including phenoxy) is 1. The van der Waals surface area contributed by atoms with E-state index in [1.54, 1.807) is 23.9 Å². The van der Waals surface area contributed by atoms with Crippen LogP contribution >= 0.6 is 0 Å². The number of rotatable bonds is 3. The normalized spacial score (nSPS) is 10.5. The van der Waals surface area contributed by atoms with Crippen LogP contribution in [0, 0.1) is 20.8 Å². The van der Waals surface area contributed by atoms with Crippen LogP contribution in [0.25, 0.3) is 5.69 Å². The van der Waals surface area contributed by atoms with Crippen molar-refractivity contribution in [3.05, 3.63) is 40.7 Å². The highest BCUT2D eigenvalue weighted by Gasteiger charge is 2.17. The highest BCUT2D eigenvalue weighted by atomic mass is 16.5. The molecule has 19 heavy (non-hydrogen) atoms. The van der Waals surface area contributed by atoms with Crippen LogP contribution < -0.4 is 4.74 Å². The molecule has 0 saturated carbocycles. The first-order valence-corrected chi connectivity index (χ1v) is 5.90. The summed E-state index contributed by atoms with van der Waals surface area (Å²) in [4.78, 5) is 11.3. The fourth-order valence-electron chi connectivity index (χ4n) is 1.95. The molecule has 5 heteroatoms. The second-order valence-electron chi connectivity index (χ2n) is 4.40. The SMILES string of the molecule is COc1ccc(C(=O)O)c(-n2nc(C)c(C)c2C)c1. The number of benzene rings is 1. The summed E-state index contributed by atoms with van der Waals surface area (Å²) in [5.41, 5.74) is 3.58. The van der Waals surface area contributed by atoms with Crippen LogP contribution in [0.1, 0.15) is 27.3 Å². The van der Waals surface area contributed by atoms with E-state index in [0.717, 1.165) is 17.0 Å². The molecular weight excluding hydrogens is 244 g/mol. The van der Waals surface area contributed by atoms with E-state index in [-0.39, 0.29) is 5.56 Å². The standard InChI is InChI=1S/C14H16N2O3/c1-8-9(2)15-16(10(8)3)13-7-11(19-4)5-6-12(13)14(17)18/h5-7H,1-4H3,(H,17,18). The molecule has 0 radical (unpaired) electrons. The first kappa shape index (κ1) is 13.1. The molecule has 0 aliphatic heterocycles. The van der Waals surface area contributed by atoms with E-state index in [0.29, 0.717) is 11.4 Å². The Balaban J connectivity index is 2.71. The van der Waals surface area contributed by atoms with Crippen LogP contribution in [0.15, 0.2) is 18.2 Å². The van der Waals surface area contributed by atoms with Gasteiger partial charge in [-0.25, -0.2) is 9.48 Å². The number of carboxylic acids is 1. The van der Waals surface area contributed by atoms with Gasteiger partial charge in [0.05, 0.1) is 24.1 Å². The maximum absolute atomic E-state index is 11.3. The van der Waals surface area contributed by atoms with Crippen LogP contribution in [0.4, 0.5) is 0 Å². The third-order valence-electron chi connectivity index (χ3n) is 3.32. The van der Waals surface area contributed by atoms with Crippen LogP contribution in [0.5, 0.6) is 5.75 Å². The van der Waals surface area contributed by atoms with E-state index in [1.165, 1.54) is 6.07 Å². The number of aromatic carboxylic acids is 1. The smallest absolute Gasteiger partial charge is 0.337 e. The van der Waals surface area contributed by atoms with Crippen molar-refractivity contribution in [1.82, 2.24) is 9.78 Å². The highest BCUT2D eigenvalue weighted by Crippen LogP contribution is 2.24. The van der Waals surface area contributed by atoms with Gasteiger partial charge in [-0.3, -0.25) is 0 Å². The van der Waals surface area contributed by atoms with E-state index in [1.807, 2.05) is 20.8 Å². The van der Waals surface area contributed by atoms with Crippen LogP contribution in [-0.4, -0.2) is 28.0 Å². The van der Waals surface area contributed by atoms with Gasteiger partial charge >= 0.3 is 5.97 Å². The second kappa shape index (κ2) is 4.76. The van der Waals surface area contributed by atoms with Crippen LogP contribution in [0.3, 0.4) is 0 Å². The van der Waals surface area contributed by atoms with Gasteiger partial charge in [0.25, 0.3) is 0 Å². The van der Waals surface area contributed by atoms with Crippen LogP contribution in [-0.2, 0) is 0 Å². The molecule has 0 aliphatic rings. The predicted octanol–water partition coefficient (Wildman–Crippen LogP) is 2.50. The molecule has 0 bridgehead atoms. The van der Waals surface area contributed by atoms with E-state index < -0.39 is 5.97 Å². The summed E-state index contributed by atoms with van der Waals surface area (Å²) in [5, 5.41) is 13.7. The monoisotopic (exact) mass is 260 g/mol. The summed E-state index contributed by atoms with van der Waals surface area (Å²) in [5.74, 6) is -0.381. The Bertz CT molecular complexity index is 644. The molecular formula is C14H16N2O3. The Hall–Kier alpha value is -2.30. The number of carboxylic acid groups (broad SMARTS) is 1. The van der Waals surface area contributed by atoms with Crippen molar-refractivity contribution in [2.24, 2.45) is 0 Å². The molecule has 1 heterocycles. The lowest BCUT2D eigenvalue weighted by atomic mass is 10.1. The van der Waals surface area contributed by atoms with Crippen molar-refractivity contribution in [3.8, 4) is 11.4 Å². The Labute approximate surface area is 111 Å². The Morgan fingerprint density at radius 2 is 2.00 bits per heavy atom. The third kappa shape index (κ3) is 2.19. The molecule has 1 N–H and O–H groups in total. The van der Waals surface area contributed by atoms with Crippen molar-refractivity contribution in [2.45, 2.75) is 20.8 Å². The predicted molar refractivity (Wildman–Crippen MR) is 71.3 cm³/mol. The largest absolute Gasteiger partial charge is 0.497 e. The van der Waals surface area contributed by atoms with Crippen LogP contribution in [0.2, 0.25) is 0 Å². The molecule has 2 rings (SSSR count).